The van der Waals surface area contributed by atoms with Crippen LogP contribution in [0.2, 0.25) is 0 Å². The summed E-state index contributed by atoms with van der Waals surface area (Å²) in [5, 5.41) is 18.7. The lowest BCUT2D eigenvalue weighted by molar-refractivity contribution is 0.0572. The van der Waals surface area contributed by atoms with Gasteiger partial charge in [-0.2, -0.15) is 0 Å². The summed E-state index contributed by atoms with van der Waals surface area (Å²) < 4.78 is 5.55. The number of rotatable bonds is 5. The topological polar surface area (TPSA) is 52.9 Å². The minimum absolute atomic E-state index is 0.538. The number of benzene rings is 1. The summed E-state index contributed by atoms with van der Waals surface area (Å²) in [6.45, 7) is 3.06. The van der Waals surface area contributed by atoms with Gasteiger partial charge in [-0.3, -0.25) is 4.90 Å². The molecule has 0 spiro atoms. The molecule has 94 valence electrons. The van der Waals surface area contributed by atoms with Gasteiger partial charge in [0.1, 0.15) is 0 Å². The smallest absolute Gasteiger partial charge is 0.0938 e. The van der Waals surface area contributed by atoms with Crippen molar-refractivity contribution in [3.05, 3.63) is 35.9 Å². The van der Waals surface area contributed by atoms with E-state index in [0.717, 1.165) is 12.1 Å². The molecule has 17 heavy (non-hydrogen) atoms. The highest BCUT2D eigenvalue weighted by Crippen LogP contribution is 2.09. The van der Waals surface area contributed by atoms with E-state index in [-0.39, 0.29) is 0 Å². The molecule has 2 unspecified atom stereocenters. The van der Waals surface area contributed by atoms with Gasteiger partial charge in [-0.15, -0.1) is 0 Å². The van der Waals surface area contributed by atoms with E-state index in [1.807, 2.05) is 35.2 Å². The molecular weight excluding hydrogens is 218 g/mol. The van der Waals surface area contributed by atoms with Crippen LogP contribution in [-0.2, 0) is 11.3 Å². The second-order valence-corrected chi connectivity index (χ2v) is 4.43. The van der Waals surface area contributed by atoms with Crippen molar-refractivity contribution in [1.82, 2.24) is 4.90 Å². The van der Waals surface area contributed by atoms with Crippen molar-refractivity contribution in [3.8, 4) is 0 Å². The van der Waals surface area contributed by atoms with Gasteiger partial charge < -0.3 is 14.9 Å². The van der Waals surface area contributed by atoms with Crippen molar-refractivity contribution >= 4 is 0 Å². The molecule has 1 aliphatic heterocycles. The molecule has 1 aromatic rings. The number of nitrogens with zero attached hydrogens (tertiary/aromatic N) is 1. The largest absolute Gasteiger partial charge is 0.389 e. The van der Waals surface area contributed by atoms with E-state index in [1.165, 1.54) is 0 Å². The zero-order valence-electron chi connectivity index (χ0n) is 9.83. The molecule has 0 radical (unpaired) electrons. The van der Waals surface area contributed by atoms with Crippen LogP contribution in [0.5, 0.6) is 0 Å². The van der Waals surface area contributed by atoms with Gasteiger partial charge in [-0.25, -0.2) is 0 Å². The highest BCUT2D eigenvalue weighted by molar-refractivity contribution is 5.13. The summed E-state index contributed by atoms with van der Waals surface area (Å²) in [4.78, 5) is 2.01. The Morgan fingerprint density at radius 1 is 1.12 bits per heavy atom. The average Bonchev–Trinajstić information content (AvgIpc) is 2.66. The zero-order valence-corrected chi connectivity index (χ0v) is 9.83. The Hall–Kier alpha value is -0.940. The molecule has 4 heteroatoms. The normalized spacial score (nSPS) is 25.3. The van der Waals surface area contributed by atoms with Crippen molar-refractivity contribution in [1.29, 1.82) is 0 Å². The van der Waals surface area contributed by atoms with Crippen LogP contribution in [0.1, 0.15) is 5.56 Å². The monoisotopic (exact) mass is 237 g/mol. The maximum atomic E-state index is 9.37. The molecule has 0 bridgehead atoms. The molecule has 2 atom stereocenters. The third kappa shape index (κ3) is 3.78. The Bertz CT molecular complexity index is 321. The molecule has 2 rings (SSSR count). The Kier molecular flexibility index (Phi) is 4.50. The van der Waals surface area contributed by atoms with Gasteiger partial charge in [0.25, 0.3) is 0 Å². The molecular formula is C13H19NO3. The molecule has 0 amide bonds. The Labute approximate surface area is 101 Å². The third-order valence-corrected chi connectivity index (χ3v) is 3.00. The van der Waals surface area contributed by atoms with Crippen LogP contribution in [-0.4, -0.2) is 53.6 Å². The lowest BCUT2D eigenvalue weighted by atomic mass is 10.2. The number of hydrogen-bond donors (Lipinski definition) is 2. The minimum atomic E-state index is -0.607. The Morgan fingerprint density at radius 2 is 1.76 bits per heavy atom. The first kappa shape index (κ1) is 12.5. The van der Waals surface area contributed by atoms with E-state index in [0.29, 0.717) is 26.3 Å². The summed E-state index contributed by atoms with van der Waals surface area (Å²) in [5.74, 6) is 0. The van der Waals surface area contributed by atoms with Crippen LogP contribution in [0.3, 0.4) is 0 Å². The summed E-state index contributed by atoms with van der Waals surface area (Å²) >= 11 is 0. The molecule has 0 aliphatic carbocycles. The van der Waals surface area contributed by atoms with Crippen LogP contribution in [0.15, 0.2) is 30.3 Å². The maximum absolute atomic E-state index is 9.37. The van der Waals surface area contributed by atoms with Crippen LogP contribution >= 0.6 is 0 Å². The first-order chi connectivity index (χ1) is 8.25. The third-order valence-electron chi connectivity index (χ3n) is 3.00. The van der Waals surface area contributed by atoms with Gasteiger partial charge >= 0.3 is 0 Å². The summed E-state index contributed by atoms with van der Waals surface area (Å²) in [6, 6.07) is 10.0. The SMILES string of the molecule is OC1CN(CCOCc2ccccc2)CC1O. The quantitative estimate of drug-likeness (QED) is 0.720. The van der Waals surface area contributed by atoms with Crippen LogP contribution in [0.25, 0.3) is 0 Å². The molecule has 2 N–H and O–H groups in total. The van der Waals surface area contributed by atoms with Crippen molar-refractivity contribution in [2.75, 3.05) is 26.2 Å². The van der Waals surface area contributed by atoms with Crippen molar-refractivity contribution < 1.29 is 14.9 Å². The molecule has 4 nitrogen and oxygen atoms in total. The predicted molar refractivity (Wildman–Crippen MR) is 64.6 cm³/mol. The minimum Gasteiger partial charge on any atom is -0.389 e. The van der Waals surface area contributed by atoms with Gasteiger partial charge in [-0.1, -0.05) is 30.3 Å². The summed E-state index contributed by atoms with van der Waals surface area (Å²) in [6.07, 6.45) is -1.21. The van der Waals surface area contributed by atoms with Gasteiger partial charge in [0.05, 0.1) is 25.4 Å². The van der Waals surface area contributed by atoms with Gasteiger partial charge in [0, 0.05) is 19.6 Å². The van der Waals surface area contributed by atoms with E-state index in [4.69, 9.17) is 4.74 Å². The van der Waals surface area contributed by atoms with Gasteiger partial charge in [-0.05, 0) is 5.56 Å². The number of aliphatic hydroxyl groups is 2. The number of likely N-dealkylation sites (tertiary alicyclic amines) is 1. The second kappa shape index (κ2) is 6.12. The molecule has 0 aromatic heterocycles. The molecule has 1 aliphatic rings. The Morgan fingerprint density at radius 3 is 2.41 bits per heavy atom. The first-order valence-electron chi connectivity index (χ1n) is 5.96. The van der Waals surface area contributed by atoms with E-state index in [1.54, 1.807) is 0 Å². The van der Waals surface area contributed by atoms with E-state index in [9.17, 15) is 10.2 Å². The van der Waals surface area contributed by atoms with Crippen molar-refractivity contribution in [2.24, 2.45) is 0 Å². The maximum Gasteiger partial charge on any atom is 0.0938 e. The molecule has 1 saturated heterocycles. The summed E-state index contributed by atoms with van der Waals surface area (Å²) in [7, 11) is 0. The number of ether oxygens (including phenoxy) is 1. The van der Waals surface area contributed by atoms with E-state index < -0.39 is 12.2 Å². The number of β-amino-alcohol motifs (C(OH)–C–C–N with tert-alkyl or cyclic N) is 2. The fourth-order valence-corrected chi connectivity index (χ4v) is 1.99. The van der Waals surface area contributed by atoms with Crippen LogP contribution in [0, 0.1) is 0 Å². The molecule has 1 fully saturated rings. The fraction of sp³-hybridized carbons (Fsp3) is 0.538. The highest BCUT2D eigenvalue weighted by atomic mass is 16.5. The van der Waals surface area contributed by atoms with E-state index >= 15 is 0 Å². The van der Waals surface area contributed by atoms with Gasteiger partial charge in [0.2, 0.25) is 0 Å². The molecule has 0 saturated carbocycles. The van der Waals surface area contributed by atoms with Crippen molar-refractivity contribution in [3.63, 3.8) is 0 Å². The lowest BCUT2D eigenvalue weighted by Crippen LogP contribution is -2.26. The lowest BCUT2D eigenvalue weighted by Gasteiger charge is -2.14. The van der Waals surface area contributed by atoms with Crippen molar-refractivity contribution in [2.45, 2.75) is 18.8 Å². The first-order valence-corrected chi connectivity index (χ1v) is 5.96. The summed E-state index contributed by atoms with van der Waals surface area (Å²) in [5.41, 5.74) is 1.16. The zero-order chi connectivity index (χ0) is 12.1. The van der Waals surface area contributed by atoms with Crippen LogP contribution < -0.4 is 0 Å². The molecule has 1 heterocycles. The standard InChI is InChI=1S/C13H19NO3/c15-12-8-14(9-13(12)16)6-7-17-10-11-4-2-1-3-5-11/h1-5,12-13,15-16H,6-10H2. The van der Waals surface area contributed by atoms with Crippen LogP contribution in [0.4, 0.5) is 0 Å². The highest BCUT2D eigenvalue weighted by Gasteiger charge is 2.28. The van der Waals surface area contributed by atoms with E-state index in [2.05, 4.69) is 0 Å². The fourth-order valence-electron chi connectivity index (χ4n) is 1.99. The van der Waals surface area contributed by atoms with Gasteiger partial charge in [0.15, 0.2) is 0 Å². The number of aliphatic hydroxyl groups excluding tert-OH is 2. The molecule has 1 aromatic carbocycles. The predicted octanol–water partition coefficient (Wildman–Crippen LogP) is 0.241. The second-order valence-electron chi connectivity index (χ2n) is 4.43. The average molecular weight is 237 g/mol. The Balaban J connectivity index is 1.61. The number of hydrogen-bond acceptors (Lipinski definition) is 4.